The van der Waals surface area contributed by atoms with Crippen molar-refractivity contribution >= 4 is 29.2 Å². The number of rotatable bonds is 4. The van der Waals surface area contributed by atoms with Crippen molar-refractivity contribution in [3.63, 3.8) is 0 Å². The Morgan fingerprint density at radius 2 is 2.58 bits per heavy atom. The predicted octanol–water partition coefficient (Wildman–Crippen LogP) is 2.31. The fourth-order valence-electron chi connectivity index (χ4n) is 1.13. The Morgan fingerprint density at radius 3 is 3.17 bits per heavy atom. The minimum absolute atomic E-state index is 0.582. The second-order valence-electron chi connectivity index (χ2n) is 2.78. The molecule has 66 valence electrons. The van der Waals surface area contributed by atoms with Crippen LogP contribution in [0.15, 0.2) is 23.8 Å². The number of hydrogen-bond acceptors (Lipinski definition) is 1. The summed E-state index contributed by atoms with van der Waals surface area (Å²) in [5.74, 6) is 0.630. The molecule has 1 atom stereocenters. The van der Waals surface area contributed by atoms with Gasteiger partial charge in [0.05, 0.1) is 0 Å². The van der Waals surface area contributed by atoms with Gasteiger partial charge in [0.2, 0.25) is 0 Å². The molecule has 1 rings (SSSR count). The summed E-state index contributed by atoms with van der Waals surface area (Å²) in [6.07, 6.45) is 7.64. The Labute approximate surface area is 84.3 Å². The second-order valence-corrected chi connectivity index (χ2v) is 3.93. The van der Waals surface area contributed by atoms with Gasteiger partial charge in [-0.2, -0.15) is 0 Å². The van der Waals surface area contributed by atoms with Crippen molar-refractivity contribution in [3.05, 3.63) is 23.8 Å². The third-order valence-corrected chi connectivity index (χ3v) is 2.10. The van der Waals surface area contributed by atoms with Crippen molar-refractivity contribution in [3.8, 4) is 0 Å². The van der Waals surface area contributed by atoms with Crippen molar-refractivity contribution in [1.82, 2.24) is 5.32 Å². The Bertz CT molecular complexity index is 231. The molecule has 0 saturated carbocycles. The SMILES string of the molecule is C/C=C\C1C=C1CCNC(=S)S. The summed E-state index contributed by atoms with van der Waals surface area (Å²) >= 11 is 8.74. The number of thiocarbonyl (C=S) groups is 1. The zero-order valence-corrected chi connectivity index (χ0v) is 8.79. The zero-order valence-electron chi connectivity index (χ0n) is 7.08. The van der Waals surface area contributed by atoms with Gasteiger partial charge in [0.15, 0.2) is 0 Å². The number of allylic oxidation sites excluding steroid dienone is 3. The van der Waals surface area contributed by atoms with Crippen LogP contribution in [0.25, 0.3) is 0 Å². The molecule has 0 radical (unpaired) electrons. The Morgan fingerprint density at radius 1 is 1.83 bits per heavy atom. The fraction of sp³-hybridized carbons (Fsp3) is 0.444. The van der Waals surface area contributed by atoms with Crippen LogP contribution in [0.2, 0.25) is 0 Å². The Hall–Kier alpha value is -0.280. The molecule has 1 aliphatic rings. The monoisotopic (exact) mass is 199 g/mol. The van der Waals surface area contributed by atoms with Crippen molar-refractivity contribution in [2.75, 3.05) is 6.54 Å². The standard InChI is InChI=1S/C9H13NS2/c1-2-3-7-6-8(7)4-5-10-9(11)12/h2-3,6-7H,4-5H2,1H3,(H2,10,11,12)/b3-2-. The lowest BCUT2D eigenvalue weighted by molar-refractivity contribution is 0.867. The maximum Gasteiger partial charge on any atom is 0.130 e. The van der Waals surface area contributed by atoms with Crippen LogP contribution < -0.4 is 5.32 Å². The molecule has 1 aliphatic carbocycles. The molecule has 0 aliphatic heterocycles. The topological polar surface area (TPSA) is 12.0 Å². The van der Waals surface area contributed by atoms with E-state index >= 15 is 0 Å². The van der Waals surface area contributed by atoms with Crippen molar-refractivity contribution in [1.29, 1.82) is 0 Å². The molecule has 0 aromatic carbocycles. The van der Waals surface area contributed by atoms with E-state index in [9.17, 15) is 0 Å². The minimum Gasteiger partial charge on any atom is -0.371 e. The summed E-state index contributed by atoms with van der Waals surface area (Å²) in [6.45, 7) is 2.95. The molecule has 12 heavy (non-hydrogen) atoms. The summed E-state index contributed by atoms with van der Waals surface area (Å²) in [5.41, 5.74) is 1.50. The van der Waals surface area contributed by atoms with Gasteiger partial charge in [0.25, 0.3) is 0 Å². The molecule has 1 nitrogen and oxygen atoms in total. The lowest BCUT2D eigenvalue weighted by Crippen LogP contribution is -2.17. The zero-order chi connectivity index (χ0) is 8.97. The van der Waals surface area contributed by atoms with E-state index in [1.165, 1.54) is 5.57 Å². The van der Waals surface area contributed by atoms with Gasteiger partial charge in [-0.25, -0.2) is 0 Å². The van der Waals surface area contributed by atoms with Gasteiger partial charge in [-0.15, -0.1) is 12.6 Å². The molecule has 0 saturated heterocycles. The largest absolute Gasteiger partial charge is 0.371 e. The van der Waals surface area contributed by atoms with Crippen molar-refractivity contribution < 1.29 is 0 Å². The van der Waals surface area contributed by atoms with Crippen molar-refractivity contribution in [2.24, 2.45) is 5.92 Å². The maximum absolute atomic E-state index is 4.77. The smallest absolute Gasteiger partial charge is 0.130 e. The van der Waals surface area contributed by atoms with Crippen LogP contribution in [0.3, 0.4) is 0 Å². The summed E-state index contributed by atoms with van der Waals surface area (Å²) in [4.78, 5) is 0. The molecule has 0 aromatic heterocycles. The third-order valence-electron chi connectivity index (χ3n) is 1.80. The quantitative estimate of drug-likeness (QED) is 0.409. The van der Waals surface area contributed by atoms with Crippen molar-refractivity contribution in [2.45, 2.75) is 13.3 Å². The van der Waals surface area contributed by atoms with Crippen LogP contribution in [0, 0.1) is 5.92 Å². The molecule has 1 unspecified atom stereocenters. The van der Waals surface area contributed by atoms with E-state index < -0.39 is 0 Å². The summed E-state index contributed by atoms with van der Waals surface area (Å²) in [7, 11) is 0. The summed E-state index contributed by atoms with van der Waals surface area (Å²) < 4.78 is 0.582. The predicted molar refractivity (Wildman–Crippen MR) is 60.6 cm³/mol. The van der Waals surface area contributed by atoms with Gasteiger partial charge >= 0.3 is 0 Å². The first kappa shape index (κ1) is 9.81. The highest BCUT2D eigenvalue weighted by Gasteiger charge is 2.19. The van der Waals surface area contributed by atoms with E-state index in [2.05, 4.69) is 36.2 Å². The lowest BCUT2D eigenvalue weighted by Gasteiger charge is -1.99. The van der Waals surface area contributed by atoms with E-state index in [1.54, 1.807) is 0 Å². The van der Waals surface area contributed by atoms with Gasteiger partial charge in [-0.3, -0.25) is 0 Å². The van der Waals surface area contributed by atoms with Crippen LogP contribution in [0.1, 0.15) is 13.3 Å². The van der Waals surface area contributed by atoms with Gasteiger partial charge in [0.1, 0.15) is 4.32 Å². The maximum atomic E-state index is 4.77. The molecule has 0 bridgehead atoms. The average Bonchev–Trinajstić information content (AvgIpc) is 2.68. The van der Waals surface area contributed by atoms with E-state index in [-0.39, 0.29) is 0 Å². The number of thiol groups is 1. The minimum atomic E-state index is 0.582. The number of nitrogens with one attached hydrogen (secondary N) is 1. The van der Waals surface area contributed by atoms with Crippen LogP contribution in [-0.2, 0) is 0 Å². The first-order valence-corrected chi connectivity index (χ1v) is 4.90. The van der Waals surface area contributed by atoms with Crippen LogP contribution in [0.5, 0.6) is 0 Å². The molecule has 1 N–H and O–H groups in total. The van der Waals surface area contributed by atoms with Crippen LogP contribution in [0.4, 0.5) is 0 Å². The Kier molecular flexibility index (Phi) is 3.82. The molecule has 3 heteroatoms. The molecule has 0 fully saturated rings. The second kappa shape index (κ2) is 4.67. The highest BCUT2D eigenvalue weighted by Crippen LogP contribution is 2.32. The molecule has 0 aromatic rings. The van der Waals surface area contributed by atoms with Gasteiger partial charge in [-0.05, 0) is 13.3 Å². The fourth-order valence-corrected chi connectivity index (χ4v) is 1.35. The first-order chi connectivity index (χ1) is 5.74. The molecule has 0 spiro atoms. The summed E-state index contributed by atoms with van der Waals surface area (Å²) in [6, 6.07) is 0. The molecule has 0 amide bonds. The van der Waals surface area contributed by atoms with E-state index in [0.29, 0.717) is 10.2 Å². The highest BCUT2D eigenvalue weighted by atomic mass is 32.1. The average molecular weight is 199 g/mol. The van der Waals surface area contributed by atoms with Crippen LogP contribution >= 0.6 is 24.8 Å². The highest BCUT2D eigenvalue weighted by molar-refractivity contribution is 8.11. The number of hydrogen-bond donors (Lipinski definition) is 2. The van der Waals surface area contributed by atoms with E-state index in [4.69, 9.17) is 12.2 Å². The van der Waals surface area contributed by atoms with Gasteiger partial charge in [0, 0.05) is 12.5 Å². The molecular weight excluding hydrogens is 186 g/mol. The van der Waals surface area contributed by atoms with Gasteiger partial charge < -0.3 is 5.32 Å². The lowest BCUT2D eigenvalue weighted by atomic mass is 10.2. The van der Waals surface area contributed by atoms with E-state index in [1.807, 2.05) is 6.92 Å². The van der Waals surface area contributed by atoms with Crippen LogP contribution in [-0.4, -0.2) is 10.9 Å². The van der Waals surface area contributed by atoms with E-state index in [0.717, 1.165) is 13.0 Å². The first-order valence-electron chi connectivity index (χ1n) is 4.04. The summed E-state index contributed by atoms with van der Waals surface area (Å²) in [5, 5.41) is 3.01. The normalized spacial score (nSPS) is 20.8. The van der Waals surface area contributed by atoms with Gasteiger partial charge in [-0.1, -0.05) is 36.0 Å². The molecule has 0 heterocycles. The molecular formula is C9H13NS2. The Balaban J connectivity index is 2.04. The third kappa shape index (κ3) is 3.41.